The van der Waals surface area contributed by atoms with Crippen molar-refractivity contribution < 1.29 is 4.79 Å². The Bertz CT molecular complexity index is 519. The van der Waals surface area contributed by atoms with Crippen LogP contribution in [-0.4, -0.2) is 48.9 Å². The zero-order valence-electron chi connectivity index (χ0n) is 14.9. The molecular weight excluding hydrogens is 310 g/mol. The fourth-order valence-electron chi connectivity index (χ4n) is 3.10. The lowest BCUT2D eigenvalue weighted by molar-refractivity contribution is -0.133. The van der Waals surface area contributed by atoms with E-state index in [4.69, 9.17) is 0 Å². The monoisotopic (exact) mass is 339 g/mol. The van der Waals surface area contributed by atoms with E-state index in [2.05, 4.69) is 48.1 Å². The Morgan fingerprint density at radius 2 is 2.00 bits per heavy atom. The van der Waals surface area contributed by atoms with Gasteiger partial charge in [-0.05, 0) is 57.9 Å². The van der Waals surface area contributed by atoms with E-state index in [-0.39, 0.29) is 16.7 Å². The molecule has 23 heavy (non-hydrogen) atoms. The lowest BCUT2D eigenvalue weighted by Crippen LogP contribution is -2.44. The Balaban J connectivity index is 2.05. The summed E-state index contributed by atoms with van der Waals surface area (Å²) in [6.07, 6.45) is 6.04. The summed E-state index contributed by atoms with van der Waals surface area (Å²) >= 11 is 1.46. The molecule has 1 fully saturated rings. The van der Waals surface area contributed by atoms with Crippen LogP contribution in [0.5, 0.6) is 0 Å². The molecule has 1 atom stereocenters. The molecule has 1 saturated carbocycles. The average Bonchev–Trinajstić information content (AvgIpc) is 2.97. The molecule has 1 unspecified atom stereocenters. The summed E-state index contributed by atoms with van der Waals surface area (Å²) in [7, 11) is 0. The second kappa shape index (κ2) is 7.64. The van der Waals surface area contributed by atoms with Crippen molar-refractivity contribution >= 4 is 17.7 Å². The van der Waals surface area contributed by atoms with Crippen molar-refractivity contribution in [3.8, 4) is 0 Å². The van der Waals surface area contributed by atoms with E-state index in [1.807, 2.05) is 6.92 Å². The van der Waals surface area contributed by atoms with Crippen molar-refractivity contribution in [2.75, 3.05) is 6.54 Å². The summed E-state index contributed by atoms with van der Waals surface area (Å²) in [6, 6.07) is 0.405. The molecule has 1 amide bonds. The van der Waals surface area contributed by atoms with Crippen molar-refractivity contribution in [1.29, 1.82) is 0 Å². The minimum Gasteiger partial charge on any atom is -0.339 e. The van der Waals surface area contributed by atoms with E-state index in [0.717, 1.165) is 19.4 Å². The number of aromatic nitrogens is 4. The van der Waals surface area contributed by atoms with Gasteiger partial charge in [0.05, 0.1) is 10.8 Å². The smallest absolute Gasteiger partial charge is 0.236 e. The second-order valence-electron chi connectivity index (χ2n) is 7.22. The molecule has 0 aromatic carbocycles. The molecule has 130 valence electrons. The standard InChI is InChI=1S/C16H29N5OS/c1-6-20(13-10-8-7-9-11-13)14(22)12(2)23-15-17-18-19-21(15)16(3,4)5/h12-13H,6-11H2,1-5H3. The van der Waals surface area contributed by atoms with Crippen LogP contribution < -0.4 is 0 Å². The van der Waals surface area contributed by atoms with Crippen molar-refractivity contribution in [2.45, 2.75) is 88.7 Å². The maximum atomic E-state index is 12.9. The van der Waals surface area contributed by atoms with Crippen LogP contribution in [0, 0.1) is 0 Å². The van der Waals surface area contributed by atoms with Gasteiger partial charge in [-0.25, -0.2) is 4.68 Å². The number of tetrazole rings is 1. The normalized spacial score (nSPS) is 18.0. The predicted molar refractivity (Wildman–Crippen MR) is 92.4 cm³/mol. The summed E-state index contributed by atoms with van der Waals surface area (Å²) in [5.74, 6) is 0.202. The maximum Gasteiger partial charge on any atom is 0.236 e. The quantitative estimate of drug-likeness (QED) is 0.771. The van der Waals surface area contributed by atoms with Crippen LogP contribution in [0.3, 0.4) is 0 Å². The number of rotatable bonds is 5. The van der Waals surface area contributed by atoms with Crippen molar-refractivity contribution in [3.63, 3.8) is 0 Å². The molecule has 2 rings (SSSR count). The molecule has 0 radical (unpaired) electrons. The molecule has 0 bridgehead atoms. The van der Waals surface area contributed by atoms with Gasteiger partial charge in [0.1, 0.15) is 0 Å². The molecule has 1 heterocycles. The highest BCUT2D eigenvalue weighted by Crippen LogP contribution is 2.28. The van der Waals surface area contributed by atoms with Crippen LogP contribution >= 0.6 is 11.8 Å². The zero-order chi connectivity index (χ0) is 17.0. The van der Waals surface area contributed by atoms with Crippen molar-refractivity contribution in [2.24, 2.45) is 0 Å². The first-order chi connectivity index (χ1) is 10.8. The number of hydrogen-bond donors (Lipinski definition) is 0. The molecule has 0 spiro atoms. The third kappa shape index (κ3) is 4.46. The van der Waals surface area contributed by atoms with Gasteiger partial charge in [0.2, 0.25) is 11.1 Å². The molecule has 0 aliphatic heterocycles. The summed E-state index contributed by atoms with van der Waals surface area (Å²) in [4.78, 5) is 14.9. The number of carbonyl (C=O) groups is 1. The number of carbonyl (C=O) groups excluding carboxylic acids is 1. The Kier molecular flexibility index (Phi) is 6.06. The van der Waals surface area contributed by atoms with Crippen LogP contribution in [0.2, 0.25) is 0 Å². The Morgan fingerprint density at radius 3 is 2.57 bits per heavy atom. The van der Waals surface area contributed by atoms with E-state index in [1.54, 1.807) is 4.68 Å². The molecule has 1 aromatic heterocycles. The van der Waals surface area contributed by atoms with Gasteiger partial charge in [0.15, 0.2) is 0 Å². The third-order valence-electron chi connectivity index (χ3n) is 4.35. The first kappa shape index (κ1) is 18.2. The minimum absolute atomic E-state index is 0.177. The maximum absolute atomic E-state index is 12.9. The first-order valence-corrected chi connectivity index (χ1v) is 9.48. The highest BCUT2D eigenvalue weighted by molar-refractivity contribution is 8.00. The second-order valence-corrected chi connectivity index (χ2v) is 8.53. The van der Waals surface area contributed by atoms with Gasteiger partial charge in [0, 0.05) is 12.6 Å². The lowest BCUT2D eigenvalue weighted by Gasteiger charge is -2.35. The van der Waals surface area contributed by atoms with Gasteiger partial charge >= 0.3 is 0 Å². The topological polar surface area (TPSA) is 63.9 Å². The SMILES string of the molecule is CCN(C(=O)C(C)Sc1nnnn1C(C)(C)C)C1CCCCC1. The Hall–Kier alpha value is -1.11. The lowest BCUT2D eigenvalue weighted by atomic mass is 9.94. The molecule has 7 heteroatoms. The van der Waals surface area contributed by atoms with E-state index in [0.29, 0.717) is 11.2 Å². The minimum atomic E-state index is -0.192. The number of nitrogens with zero attached hydrogens (tertiary/aromatic N) is 5. The predicted octanol–water partition coefficient (Wildman–Crippen LogP) is 3.09. The summed E-state index contributed by atoms with van der Waals surface area (Å²) in [5, 5.41) is 12.5. The fraction of sp³-hybridized carbons (Fsp3) is 0.875. The van der Waals surface area contributed by atoms with E-state index in [1.165, 1.54) is 31.0 Å². The van der Waals surface area contributed by atoms with Crippen LogP contribution in [-0.2, 0) is 10.3 Å². The van der Waals surface area contributed by atoms with E-state index >= 15 is 0 Å². The zero-order valence-corrected chi connectivity index (χ0v) is 15.8. The largest absolute Gasteiger partial charge is 0.339 e. The average molecular weight is 340 g/mol. The van der Waals surface area contributed by atoms with Crippen LogP contribution in [0.15, 0.2) is 5.16 Å². The van der Waals surface area contributed by atoms with Crippen LogP contribution in [0.1, 0.15) is 66.7 Å². The van der Waals surface area contributed by atoms with Crippen molar-refractivity contribution in [3.05, 3.63) is 0 Å². The van der Waals surface area contributed by atoms with Gasteiger partial charge in [-0.3, -0.25) is 4.79 Å². The van der Waals surface area contributed by atoms with Gasteiger partial charge in [-0.15, -0.1) is 5.10 Å². The molecular formula is C16H29N5OS. The number of hydrogen-bond acceptors (Lipinski definition) is 5. The number of thioether (sulfide) groups is 1. The molecule has 1 aliphatic carbocycles. The van der Waals surface area contributed by atoms with Crippen LogP contribution in [0.25, 0.3) is 0 Å². The van der Waals surface area contributed by atoms with Crippen LogP contribution in [0.4, 0.5) is 0 Å². The highest BCUT2D eigenvalue weighted by atomic mass is 32.2. The highest BCUT2D eigenvalue weighted by Gasteiger charge is 2.30. The van der Waals surface area contributed by atoms with E-state index in [9.17, 15) is 4.79 Å². The molecule has 0 N–H and O–H groups in total. The summed E-state index contributed by atoms with van der Waals surface area (Å²) in [5.41, 5.74) is -0.192. The molecule has 1 aliphatic rings. The summed E-state index contributed by atoms with van der Waals surface area (Å²) in [6.45, 7) is 11.0. The Morgan fingerprint density at radius 1 is 1.35 bits per heavy atom. The summed E-state index contributed by atoms with van der Waals surface area (Å²) < 4.78 is 1.79. The van der Waals surface area contributed by atoms with Gasteiger partial charge in [-0.1, -0.05) is 31.0 Å². The van der Waals surface area contributed by atoms with E-state index < -0.39 is 0 Å². The third-order valence-corrected chi connectivity index (χ3v) is 5.37. The fourth-order valence-corrected chi connectivity index (χ4v) is 4.15. The Labute approximate surface area is 143 Å². The molecule has 0 saturated heterocycles. The molecule has 6 nitrogen and oxygen atoms in total. The first-order valence-electron chi connectivity index (χ1n) is 8.60. The van der Waals surface area contributed by atoms with Gasteiger partial charge in [0.25, 0.3) is 0 Å². The molecule has 1 aromatic rings. The van der Waals surface area contributed by atoms with Gasteiger partial charge < -0.3 is 4.90 Å². The van der Waals surface area contributed by atoms with Gasteiger partial charge in [-0.2, -0.15) is 0 Å². The van der Waals surface area contributed by atoms with Crippen molar-refractivity contribution in [1.82, 2.24) is 25.1 Å². The number of amides is 1.